The number of anilines is 3. The summed E-state index contributed by atoms with van der Waals surface area (Å²) in [5.41, 5.74) is 1.95. The summed E-state index contributed by atoms with van der Waals surface area (Å²) in [5.74, 6) is -0.464. The summed E-state index contributed by atoms with van der Waals surface area (Å²) in [5, 5.41) is 12.0. The van der Waals surface area contributed by atoms with Crippen LogP contribution in [0.3, 0.4) is 0 Å². The number of H-pyrrole nitrogens is 1. The molecule has 5 rings (SSSR count). The number of hydrogen-bond acceptors (Lipinski definition) is 7. The van der Waals surface area contributed by atoms with Gasteiger partial charge in [0.15, 0.2) is 0 Å². The van der Waals surface area contributed by atoms with Gasteiger partial charge >= 0.3 is 0 Å². The van der Waals surface area contributed by atoms with Gasteiger partial charge in [-0.2, -0.15) is 5.10 Å². The zero-order valence-corrected chi connectivity index (χ0v) is 17.5. The molecule has 0 saturated carbocycles. The Bertz CT molecular complexity index is 1350. The molecule has 3 aromatic heterocycles. The molecule has 3 N–H and O–H groups in total. The Labute approximate surface area is 185 Å². The third-order valence-corrected chi connectivity index (χ3v) is 6.36. The van der Waals surface area contributed by atoms with Crippen LogP contribution in [0.5, 0.6) is 0 Å². The van der Waals surface area contributed by atoms with Crippen molar-refractivity contribution in [2.45, 2.75) is 19.3 Å². The third kappa shape index (κ3) is 4.00. The van der Waals surface area contributed by atoms with Crippen molar-refractivity contribution in [3.05, 3.63) is 80.4 Å². The molecule has 0 bridgehead atoms. The zero-order chi connectivity index (χ0) is 22.1. The monoisotopic (exact) mass is 448 g/mol. The number of amides is 1. The molecule has 10 heteroatoms. The van der Waals surface area contributed by atoms with Gasteiger partial charge in [-0.05, 0) is 61.2 Å². The summed E-state index contributed by atoms with van der Waals surface area (Å²) in [6.07, 6.45) is 5.98. The van der Waals surface area contributed by atoms with Crippen molar-refractivity contribution in [3.63, 3.8) is 0 Å². The van der Waals surface area contributed by atoms with Crippen LogP contribution >= 0.6 is 11.3 Å². The lowest BCUT2D eigenvalue weighted by Gasteiger charge is -2.09. The van der Waals surface area contributed by atoms with Gasteiger partial charge < -0.3 is 10.6 Å². The van der Waals surface area contributed by atoms with Gasteiger partial charge in [-0.25, -0.2) is 19.5 Å². The van der Waals surface area contributed by atoms with Crippen molar-refractivity contribution < 1.29 is 9.18 Å². The maximum atomic E-state index is 14.4. The minimum absolute atomic E-state index is 0.0411. The molecule has 0 unspecified atom stereocenters. The van der Waals surface area contributed by atoms with E-state index in [1.165, 1.54) is 52.4 Å². The quantitative estimate of drug-likeness (QED) is 0.427. The first-order valence-electron chi connectivity index (χ1n) is 9.92. The number of halogens is 1. The van der Waals surface area contributed by atoms with E-state index in [-0.39, 0.29) is 17.3 Å². The smallest absolute Gasteiger partial charge is 0.287 e. The van der Waals surface area contributed by atoms with Gasteiger partial charge in [0.1, 0.15) is 23.6 Å². The van der Waals surface area contributed by atoms with E-state index >= 15 is 0 Å². The van der Waals surface area contributed by atoms with Crippen LogP contribution in [0.4, 0.5) is 21.6 Å². The fraction of sp³-hybridized carbons (Fsp3) is 0.136. The summed E-state index contributed by atoms with van der Waals surface area (Å²) in [4.78, 5) is 34.5. The summed E-state index contributed by atoms with van der Waals surface area (Å²) < 4.78 is 14.4. The Hall–Kier alpha value is -3.92. The Kier molecular flexibility index (Phi) is 5.20. The fourth-order valence-electron chi connectivity index (χ4n) is 3.55. The van der Waals surface area contributed by atoms with E-state index in [1.807, 2.05) is 6.07 Å². The number of aromatic nitrogens is 4. The SMILES string of the molecule is O=C(Nc1cc(-c2cc(Nc3ccncn3)c(=O)[nH]n2)ccc1F)c1cc2c(s1)CCC2. The van der Waals surface area contributed by atoms with Gasteiger partial charge in [0.05, 0.1) is 16.3 Å². The summed E-state index contributed by atoms with van der Waals surface area (Å²) in [6.45, 7) is 0. The average molecular weight is 448 g/mol. The summed E-state index contributed by atoms with van der Waals surface area (Å²) >= 11 is 1.46. The number of nitrogens with one attached hydrogen (secondary N) is 3. The number of rotatable bonds is 5. The standard InChI is InChI=1S/C22H17FN6O2S/c23-14-5-4-12(8-16(14)27-22(31)19-9-13-2-1-3-18(13)32-19)15-10-17(21(30)29-28-15)26-20-6-7-24-11-25-20/h4-11H,1-3H2,(H,27,31)(H,29,30)(H,24,25,26,28). The first-order chi connectivity index (χ1) is 15.6. The number of aromatic amines is 1. The average Bonchev–Trinajstić information content (AvgIpc) is 3.40. The van der Waals surface area contributed by atoms with E-state index in [1.54, 1.807) is 12.3 Å². The molecule has 160 valence electrons. The fourth-order valence-corrected chi connectivity index (χ4v) is 4.70. The molecule has 8 nitrogen and oxygen atoms in total. The maximum absolute atomic E-state index is 14.4. The highest BCUT2D eigenvalue weighted by molar-refractivity contribution is 7.14. The molecule has 1 aliphatic carbocycles. The Morgan fingerprint density at radius 3 is 2.84 bits per heavy atom. The van der Waals surface area contributed by atoms with Crippen molar-refractivity contribution in [1.29, 1.82) is 0 Å². The zero-order valence-electron chi connectivity index (χ0n) is 16.7. The molecule has 1 amide bonds. The Balaban J connectivity index is 1.41. The molecule has 1 aromatic carbocycles. The number of carbonyl (C=O) groups is 1. The minimum atomic E-state index is -0.560. The van der Waals surface area contributed by atoms with Crippen LogP contribution in [0, 0.1) is 5.82 Å². The molecule has 0 radical (unpaired) electrons. The predicted molar refractivity (Wildman–Crippen MR) is 120 cm³/mol. The van der Waals surface area contributed by atoms with Crippen molar-refractivity contribution in [2.75, 3.05) is 10.6 Å². The lowest BCUT2D eigenvalue weighted by Crippen LogP contribution is -2.14. The van der Waals surface area contributed by atoms with E-state index < -0.39 is 11.4 Å². The highest BCUT2D eigenvalue weighted by atomic mass is 32.1. The molecule has 0 atom stereocenters. The predicted octanol–water partition coefficient (Wildman–Crippen LogP) is 3.91. The van der Waals surface area contributed by atoms with Gasteiger partial charge in [-0.3, -0.25) is 9.59 Å². The second-order valence-corrected chi connectivity index (χ2v) is 8.41. The summed E-state index contributed by atoms with van der Waals surface area (Å²) in [7, 11) is 0. The first kappa shape index (κ1) is 20.0. The van der Waals surface area contributed by atoms with Gasteiger partial charge in [0, 0.05) is 16.6 Å². The third-order valence-electron chi connectivity index (χ3n) is 5.13. The van der Waals surface area contributed by atoms with E-state index in [2.05, 4.69) is 30.8 Å². The topological polar surface area (TPSA) is 113 Å². The minimum Gasteiger partial charge on any atom is -0.336 e. The summed E-state index contributed by atoms with van der Waals surface area (Å²) in [6, 6.07) is 9.31. The Morgan fingerprint density at radius 2 is 2.03 bits per heavy atom. The van der Waals surface area contributed by atoms with E-state index in [0.717, 1.165) is 19.3 Å². The number of hydrogen-bond donors (Lipinski definition) is 3. The van der Waals surface area contributed by atoms with Gasteiger partial charge in [0.25, 0.3) is 11.5 Å². The van der Waals surface area contributed by atoms with Crippen molar-refractivity contribution >= 4 is 34.4 Å². The van der Waals surface area contributed by atoms with Crippen molar-refractivity contribution in [2.24, 2.45) is 0 Å². The van der Waals surface area contributed by atoms with E-state index in [4.69, 9.17) is 0 Å². The second-order valence-electron chi connectivity index (χ2n) is 7.28. The molecule has 0 fully saturated rings. The number of carbonyl (C=O) groups excluding carboxylic acids is 1. The number of nitrogens with zero attached hydrogens (tertiary/aromatic N) is 3. The number of fused-ring (bicyclic) bond motifs is 1. The molecule has 0 spiro atoms. The van der Waals surface area contributed by atoms with Crippen LogP contribution in [0.15, 0.2) is 53.7 Å². The van der Waals surface area contributed by atoms with E-state index in [9.17, 15) is 14.0 Å². The van der Waals surface area contributed by atoms with Crippen LogP contribution in [0.1, 0.15) is 26.5 Å². The number of benzene rings is 1. The number of aryl methyl sites for hydroxylation is 2. The van der Waals surface area contributed by atoms with E-state index in [0.29, 0.717) is 22.0 Å². The highest BCUT2D eigenvalue weighted by Crippen LogP contribution is 2.31. The van der Waals surface area contributed by atoms with Crippen LogP contribution in [0.25, 0.3) is 11.3 Å². The van der Waals surface area contributed by atoms with Crippen molar-refractivity contribution in [3.8, 4) is 11.3 Å². The van der Waals surface area contributed by atoms with Crippen LogP contribution in [0.2, 0.25) is 0 Å². The van der Waals surface area contributed by atoms with Gasteiger partial charge in [-0.15, -0.1) is 11.3 Å². The molecule has 4 aromatic rings. The van der Waals surface area contributed by atoms with Gasteiger partial charge in [0.2, 0.25) is 0 Å². The molecule has 0 aliphatic heterocycles. The Morgan fingerprint density at radius 1 is 1.12 bits per heavy atom. The van der Waals surface area contributed by atoms with Crippen LogP contribution < -0.4 is 16.2 Å². The maximum Gasteiger partial charge on any atom is 0.287 e. The van der Waals surface area contributed by atoms with Gasteiger partial charge in [-0.1, -0.05) is 0 Å². The molecule has 1 aliphatic rings. The molecular weight excluding hydrogens is 431 g/mol. The lowest BCUT2D eigenvalue weighted by atomic mass is 10.1. The highest BCUT2D eigenvalue weighted by Gasteiger charge is 2.19. The molecule has 0 saturated heterocycles. The second kappa shape index (κ2) is 8.31. The molecule has 3 heterocycles. The number of thiophene rings is 1. The lowest BCUT2D eigenvalue weighted by molar-refractivity contribution is 0.103. The molecular formula is C22H17FN6O2S. The largest absolute Gasteiger partial charge is 0.336 e. The van der Waals surface area contributed by atoms with Crippen LogP contribution in [-0.2, 0) is 12.8 Å². The van der Waals surface area contributed by atoms with Crippen LogP contribution in [-0.4, -0.2) is 26.1 Å². The first-order valence-corrected chi connectivity index (χ1v) is 10.7. The molecule has 32 heavy (non-hydrogen) atoms. The normalized spacial score (nSPS) is 12.4. The van der Waals surface area contributed by atoms with Crippen molar-refractivity contribution in [1.82, 2.24) is 20.2 Å².